The Labute approximate surface area is 195 Å². The van der Waals surface area contributed by atoms with Gasteiger partial charge in [0.15, 0.2) is 5.78 Å². The average molecular weight is 461 g/mol. The molecule has 1 aliphatic heterocycles. The molecule has 1 aliphatic carbocycles. The topological polar surface area (TPSA) is 118 Å². The van der Waals surface area contributed by atoms with E-state index < -0.39 is 46.3 Å². The highest BCUT2D eigenvalue weighted by atomic mass is 16.6. The van der Waals surface area contributed by atoms with Crippen molar-refractivity contribution in [1.29, 1.82) is 0 Å². The van der Waals surface area contributed by atoms with E-state index in [0.717, 1.165) is 22.2 Å². The summed E-state index contributed by atoms with van der Waals surface area (Å²) >= 11 is 0. The van der Waals surface area contributed by atoms with Gasteiger partial charge in [0.1, 0.15) is 6.04 Å². The predicted octanol–water partition coefficient (Wildman–Crippen LogP) is 3.42. The van der Waals surface area contributed by atoms with Gasteiger partial charge in [0, 0.05) is 23.3 Å². The quantitative estimate of drug-likeness (QED) is 0.214. The molecule has 174 valence electrons. The maximum Gasteiger partial charge on any atom is 0.273 e. The number of carbonyl (C=O) groups excluding carboxylic acids is 4. The number of nitrogens with zero attached hydrogens (tertiary/aromatic N) is 3. The maximum atomic E-state index is 13.6. The Kier molecular flexibility index (Phi) is 6.10. The molecule has 1 fully saturated rings. The molecule has 0 aromatic heterocycles. The number of fused-ring (bicyclic) bond motifs is 1. The van der Waals surface area contributed by atoms with Crippen molar-refractivity contribution in [2.75, 3.05) is 0 Å². The molecule has 34 heavy (non-hydrogen) atoms. The molecule has 0 bridgehead atoms. The lowest BCUT2D eigenvalue weighted by atomic mass is 9.78. The molecule has 0 N–H and O–H groups in total. The van der Waals surface area contributed by atoms with Crippen LogP contribution >= 0.6 is 0 Å². The summed E-state index contributed by atoms with van der Waals surface area (Å²) in [7, 11) is 0. The van der Waals surface area contributed by atoms with Crippen LogP contribution in [-0.2, 0) is 9.59 Å². The summed E-state index contributed by atoms with van der Waals surface area (Å²) in [6.45, 7) is 3.30. The second-order valence-electron chi connectivity index (χ2n) is 8.50. The van der Waals surface area contributed by atoms with Crippen molar-refractivity contribution in [3.63, 3.8) is 0 Å². The highest BCUT2D eigenvalue weighted by molar-refractivity contribution is 6.10. The molecule has 0 radical (unpaired) electrons. The fourth-order valence-electron chi connectivity index (χ4n) is 4.60. The number of Topliss-reactive ketones (excluding diaryl/α,β-unsaturated/α-hetero) is 1. The first-order valence-corrected chi connectivity index (χ1v) is 10.9. The van der Waals surface area contributed by atoms with Crippen LogP contribution in [0.15, 0.2) is 66.7 Å². The van der Waals surface area contributed by atoms with Gasteiger partial charge in [0.2, 0.25) is 0 Å². The summed E-state index contributed by atoms with van der Waals surface area (Å²) in [5.41, 5.74) is 0.124. The third kappa shape index (κ3) is 3.89. The van der Waals surface area contributed by atoms with E-state index >= 15 is 0 Å². The number of non-ortho nitro benzene ring substituents is 1. The van der Waals surface area contributed by atoms with Crippen LogP contribution in [0.5, 0.6) is 0 Å². The molecular formula is C25H23N3O6. The second-order valence-corrected chi connectivity index (χ2v) is 8.50. The molecule has 4 atom stereocenters. The van der Waals surface area contributed by atoms with Crippen molar-refractivity contribution in [2.24, 2.45) is 17.8 Å². The van der Waals surface area contributed by atoms with Crippen molar-refractivity contribution in [3.8, 4) is 0 Å². The van der Waals surface area contributed by atoms with Gasteiger partial charge in [-0.2, -0.15) is 5.01 Å². The van der Waals surface area contributed by atoms with Crippen LogP contribution in [0.2, 0.25) is 0 Å². The zero-order chi connectivity index (χ0) is 24.6. The molecule has 2 aliphatic rings. The largest absolute Gasteiger partial charge is 0.292 e. The fraction of sp³-hybridized carbons (Fsp3) is 0.280. The van der Waals surface area contributed by atoms with E-state index in [9.17, 15) is 29.3 Å². The van der Waals surface area contributed by atoms with Gasteiger partial charge in [-0.1, -0.05) is 49.4 Å². The lowest BCUT2D eigenvalue weighted by Crippen LogP contribution is -2.56. The van der Waals surface area contributed by atoms with E-state index in [1.165, 1.54) is 19.1 Å². The lowest BCUT2D eigenvalue weighted by Gasteiger charge is -2.34. The number of benzene rings is 2. The predicted molar refractivity (Wildman–Crippen MR) is 121 cm³/mol. The van der Waals surface area contributed by atoms with Crippen molar-refractivity contribution in [1.82, 2.24) is 10.0 Å². The molecule has 2 aromatic rings. The Morgan fingerprint density at radius 3 is 2.26 bits per heavy atom. The minimum Gasteiger partial charge on any atom is -0.292 e. The van der Waals surface area contributed by atoms with E-state index in [1.54, 1.807) is 30.3 Å². The van der Waals surface area contributed by atoms with Crippen LogP contribution in [0.3, 0.4) is 0 Å². The molecule has 0 saturated carbocycles. The number of rotatable bonds is 6. The standard InChI is InChI=1S/C25H23N3O6/c1-15-7-6-10-20-21(15)25(32)27(24(20)31)26(16(2)22(29)17-8-4-3-5-9-17)23(30)18-11-13-19(14-12-18)28(33)34/h3-9,11-16,20-21H,10H2,1-2H3/t15-,16+,20+,21+/m1/s1. The molecule has 1 saturated heterocycles. The summed E-state index contributed by atoms with van der Waals surface area (Å²) in [5, 5.41) is 12.7. The SMILES string of the molecule is C[C@@H]1C=CC[C@@H]2C(=O)N(N(C(=O)c3ccc([N+](=O)[O-])cc3)[C@@H](C)C(=O)c3ccccc3)C(=O)[C@@H]12. The molecule has 3 amide bonds. The molecule has 9 nitrogen and oxygen atoms in total. The van der Waals surface area contributed by atoms with Crippen LogP contribution in [-0.4, -0.2) is 44.5 Å². The number of nitro benzene ring substituents is 1. The van der Waals surface area contributed by atoms with Gasteiger partial charge in [0.05, 0.1) is 16.8 Å². The van der Waals surface area contributed by atoms with Crippen LogP contribution in [0.25, 0.3) is 0 Å². The third-order valence-electron chi connectivity index (χ3n) is 6.40. The van der Waals surface area contributed by atoms with Gasteiger partial charge in [0.25, 0.3) is 23.4 Å². The zero-order valence-corrected chi connectivity index (χ0v) is 18.7. The van der Waals surface area contributed by atoms with E-state index in [1.807, 2.05) is 19.1 Å². The molecule has 1 heterocycles. The van der Waals surface area contributed by atoms with Crippen molar-refractivity contribution in [3.05, 3.63) is 88.0 Å². The number of nitro groups is 1. The Balaban J connectivity index is 1.76. The van der Waals surface area contributed by atoms with E-state index in [0.29, 0.717) is 12.0 Å². The number of carbonyl (C=O) groups is 4. The first kappa shape index (κ1) is 23.0. The number of hydrazine groups is 1. The van der Waals surface area contributed by atoms with Crippen LogP contribution in [0.1, 0.15) is 41.0 Å². The Morgan fingerprint density at radius 2 is 1.68 bits per heavy atom. The molecule has 0 spiro atoms. The highest BCUT2D eigenvalue weighted by Crippen LogP contribution is 2.40. The summed E-state index contributed by atoms with van der Waals surface area (Å²) in [5.74, 6) is -3.71. The summed E-state index contributed by atoms with van der Waals surface area (Å²) < 4.78 is 0. The van der Waals surface area contributed by atoms with E-state index in [-0.39, 0.29) is 17.2 Å². The highest BCUT2D eigenvalue weighted by Gasteiger charge is 2.54. The number of hydrogen-bond acceptors (Lipinski definition) is 6. The van der Waals surface area contributed by atoms with Crippen molar-refractivity contribution < 1.29 is 24.1 Å². The lowest BCUT2D eigenvalue weighted by molar-refractivity contribution is -0.384. The van der Waals surface area contributed by atoms with E-state index in [4.69, 9.17) is 0 Å². The normalized spacial score (nSPS) is 22.3. The van der Waals surface area contributed by atoms with Gasteiger partial charge in [-0.3, -0.25) is 29.3 Å². The summed E-state index contributed by atoms with van der Waals surface area (Å²) in [6, 6.07) is 11.9. The number of allylic oxidation sites excluding steroid dienone is 2. The van der Waals surface area contributed by atoms with Gasteiger partial charge < -0.3 is 0 Å². The van der Waals surface area contributed by atoms with Crippen LogP contribution in [0.4, 0.5) is 5.69 Å². The molecule has 4 rings (SSSR count). The van der Waals surface area contributed by atoms with Crippen molar-refractivity contribution in [2.45, 2.75) is 26.3 Å². The van der Waals surface area contributed by atoms with Gasteiger partial charge in [-0.15, -0.1) is 0 Å². The Morgan fingerprint density at radius 1 is 1.03 bits per heavy atom. The Bertz CT molecular complexity index is 1190. The van der Waals surface area contributed by atoms with Gasteiger partial charge in [-0.25, -0.2) is 5.01 Å². The second kappa shape index (κ2) is 9.01. The zero-order valence-electron chi connectivity index (χ0n) is 18.7. The van der Waals surface area contributed by atoms with Crippen LogP contribution in [0, 0.1) is 27.9 Å². The summed E-state index contributed by atoms with van der Waals surface area (Å²) in [6.07, 6.45) is 4.09. The molecule has 0 unspecified atom stereocenters. The summed E-state index contributed by atoms with van der Waals surface area (Å²) in [4.78, 5) is 64.1. The van der Waals surface area contributed by atoms with Crippen molar-refractivity contribution >= 4 is 29.2 Å². The minimum atomic E-state index is -1.18. The van der Waals surface area contributed by atoms with Gasteiger partial charge in [-0.05, 0) is 31.4 Å². The average Bonchev–Trinajstić information content (AvgIpc) is 3.10. The first-order valence-electron chi connectivity index (χ1n) is 10.9. The maximum absolute atomic E-state index is 13.6. The Hall–Kier alpha value is -4.14. The fourth-order valence-corrected chi connectivity index (χ4v) is 4.60. The smallest absolute Gasteiger partial charge is 0.273 e. The molecular weight excluding hydrogens is 438 g/mol. The number of hydrogen-bond donors (Lipinski definition) is 0. The van der Waals surface area contributed by atoms with E-state index in [2.05, 4.69) is 0 Å². The molecule has 2 aromatic carbocycles. The molecule has 9 heteroatoms. The van der Waals surface area contributed by atoms with Gasteiger partial charge >= 0.3 is 0 Å². The first-order chi connectivity index (χ1) is 16.2. The monoisotopic (exact) mass is 461 g/mol. The number of amides is 3. The third-order valence-corrected chi connectivity index (χ3v) is 6.40. The van der Waals surface area contributed by atoms with Crippen LogP contribution < -0.4 is 0 Å². The number of ketones is 1. The number of imide groups is 1. The minimum absolute atomic E-state index is 0.0138.